The molecule has 0 saturated heterocycles. The highest BCUT2D eigenvalue weighted by Gasteiger charge is 2.21. The van der Waals surface area contributed by atoms with Crippen molar-refractivity contribution in [2.45, 2.75) is 38.8 Å². The van der Waals surface area contributed by atoms with Crippen LogP contribution in [0.15, 0.2) is 24.3 Å². The van der Waals surface area contributed by atoms with Gasteiger partial charge in [0.05, 0.1) is 6.04 Å². The third-order valence-electron chi connectivity index (χ3n) is 2.46. The van der Waals surface area contributed by atoms with E-state index in [9.17, 15) is 9.90 Å². The van der Waals surface area contributed by atoms with Crippen molar-refractivity contribution < 1.29 is 14.6 Å². The quantitative estimate of drug-likeness (QED) is 0.780. The third-order valence-corrected chi connectivity index (χ3v) is 2.46. The van der Waals surface area contributed by atoms with Crippen molar-refractivity contribution in [3.05, 3.63) is 29.8 Å². The van der Waals surface area contributed by atoms with Gasteiger partial charge < -0.3 is 20.9 Å². The van der Waals surface area contributed by atoms with Crippen molar-refractivity contribution in [3.63, 3.8) is 0 Å². The van der Waals surface area contributed by atoms with Gasteiger partial charge in [0.15, 0.2) is 0 Å². The number of rotatable bonds is 4. The van der Waals surface area contributed by atoms with E-state index in [0.29, 0.717) is 18.5 Å². The first-order valence-electron chi connectivity index (χ1n) is 6.31. The van der Waals surface area contributed by atoms with E-state index in [-0.39, 0.29) is 11.8 Å². The monoisotopic (exact) mass is 266 g/mol. The summed E-state index contributed by atoms with van der Waals surface area (Å²) < 4.78 is 5.20. The molecule has 0 radical (unpaired) electrons. The Morgan fingerprint density at radius 3 is 2.58 bits per heavy atom. The van der Waals surface area contributed by atoms with Gasteiger partial charge in [-0.25, -0.2) is 4.79 Å². The Morgan fingerprint density at radius 2 is 2.05 bits per heavy atom. The largest absolute Gasteiger partial charge is 0.508 e. The number of nitrogens with two attached hydrogens (primary N) is 1. The van der Waals surface area contributed by atoms with E-state index in [0.717, 1.165) is 0 Å². The van der Waals surface area contributed by atoms with Crippen molar-refractivity contribution in [3.8, 4) is 5.75 Å². The second kappa shape index (κ2) is 6.43. The van der Waals surface area contributed by atoms with Gasteiger partial charge in [-0.2, -0.15) is 0 Å². The number of carbonyl (C=O) groups excluding carboxylic acids is 1. The van der Waals surface area contributed by atoms with Crippen LogP contribution < -0.4 is 11.1 Å². The van der Waals surface area contributed by atoms with Crippen molar-refractivity contribution in [1.29, 1.82) is 0 Å². The lowest BCUT2D eigenvalue weighted by Gasteiger charge is -2.24. The second-order valence-electron chi connectivity index (χ2n) is 5.33. The molecule has 5 heteroatoms. The Labute approximate surface area is 113 Å². The maximum absolute atomic E-state index is 11.8. The molecule has 1 rings (SSSR count). The minimum absolute atomic E-state index is 0.136. The number of aromatic hydroxyl groups is 1. The fraction of sp³-hybridized carbons (Fsp3) is 0.500. The lowest BCUT2D eigenvalue weighted by atomic mass is 10.0. The second-order valence-corrected chi connectivity index (χ2v) is 5.33. The number of phenols is 1. The molecule has 0 spiro atoms. The van der Waals surface area contributed by atoms with E-state index in [1.54, 1.807) is 45.0 Å². The Balaban J connectivity index is 2.79. The molecule has 0 aliphatic carbocycles. The van der Waals surface area contributed by atoms with E-state index in [1.165, 1.54) is 0 Å². The Kier molecular flexibility index (Phi) is 5.18. The maximum Gasteiger partial charge on any atom is 0.408 e. The summed E-state index contributed by atoms with van der Waals surface area (Å²) in [6, 6.07) is 6.50. The number of para-hydroxylation sites is 1. The predicted octanol–water partition coefficient (Wildman–Crippen LogP) is 2.31. The minimum atomic E-state index is -0.559. The highest BCUT2D eigenvalue weighted by molar-refractivity contribution is 5.68. The van der Waals surface area contributed by atoms with Gasteiger partial charge in [-0.1, -0.05) is 18.2 Å². The zero-order valence-electron chi connectivity index (χ0n) is 11.6. The molecule has 19 heavy (non-hydrogen) atoms. The van der Waals surface area contributed by atoms with Gasteiger partial charge in [0.2, 0.25) is 0 Å². The fourth-order valence-corrected chi connectivity index (χ4v) is 1.70. The lowest BCUT2D eigenvalue weighted by Crippen LogP contribution is -2.35. The third kappa shape index (κ3) is 5.18. The van der Waals surface area contributed by atoms with E-state index in [4.69, 9.17) is 10.5 Å². The molecule has 0 saturated carbocycles. The van der Waals surface area contributed by atoms with Gasteiger partial charge in [-0.3, -0.25) is 0 Å². The van der Waals surface area contributed by atoms with Crippen LogP contribution in [0.25, 0.3) is 0 Å². The van der Waals surface area contributed by atoms with E-state index in [2.05, 4.69) is 5.32 Å². The molecule has 1 aromatic carbocycles. The summed E-state index contributed by atoms with van der Waals surface area (Å²) in [5, 5.41) is 12.6. The first-order valence-corrected chi connectivity index (χ1v) is 6.31. The summed E-state index contributed by atoms with van der Waals surface area (Å²) >= 11 is 0. The van der Waals surface area contributed by atoms with Crippen LogP contribution in [0, 0.1) is 0 Å². The number of amides is 1. The zero-order valence-corrected chi connectivity index (χ0v) is 11.6. The van der Waals surface area contributed by atoms with Gasteiger partial charge in [0.1, 0.15) is 11.4 Å². The van der Waals surface area contributed by atoms with Crippen molar-refractivity contribution in [1.82, 2.24) is 5.32 Å². The molecular weight excluding hydrogens is 244 g/mol. The number of alkyl carbamates (subject to hydrolysis) is 1. The highest BCUT2D eigenvalue weighted by Crippen LogP contribution is 2.26. The molecule has 4 N–H and O–H groups in total. The average molecular weight is 266 g/mol. The molecule has 0 aliphatic heterocycles. The van der Waals surface area contributed by atoms with E-state index in [1.807, 2.05) is 0 Å². The molecule has 0 fully saturated rings. The number of carbonyl (C=O) groups is 1. The van der Waals surface area contributed by atoms with Crippen LogP contribution >= 0.6 is 0 Å². The van der Waals surface area contributed by atoms with Crippen LogP contribution in [0.4, 0.5) is 4.79 Å². The van der Waals surface area contributed by atoms with Gasteiger partial charge in [0, 0.05) is 5.56 Å². The van der Waals surface area contributed by atoms with Gasteiger partial charge >= 0.3 is 6.09 Å². The number of nitrogens with one attached hydrogen (secondary N) is 1. The minimum Gasteiger partial charge on any atom is -0.508 e. The van der Waals surface area contributed by atoms with Crippen LogP contribution in [-0.2, 0) is 4.74 Å². The smallest absolute Gasteiger partial charge is 0.408 e. The normalized spacial score (nSPS) is 12.8. The molecule has 106 valence electrons. The maximum atomic E-state index is 11.8. The molecule has 1 atom stereocenters. The summed E-state index contributed by atoms with van der Waals surface area (Å²) in [6.07, 6.45) is 0.00536. The summed E-state index contributed by atoms with van der Waals surface area (Å²) in [4.78, 5) is 11.8. The van der Waals surface area contributed by atoms with Crippen LogP contribution in [-0.4, -0.2) is 23.3 Å². The van der Waals surface area contributed by atoms with Crippen molar-refractivity contribution >= 4 is 6.09 Å². The topological polar surface area (TPSA) is 84.6 Å². The Bertz CT molecular complexity index is 427. The summed E-state index contributed by atoms with van der Waals surface area (Å²) in [5.74, 6) is 0.136. The molecule has 1 amide bonds. The van der Waals surface area contributed by atoms with Crippen LogP contribution in [0.1, 0.15) is 38.8 Å². The van der Waals surface area contributed by atoms with Crippen molar-refractivity contribution in [2.24, 2.45) is 5.73 Å². The van der Waals surface area contributed by atoms with E-state index < -0.39 is 11.7 Å². The lowest BCUT2D eigenvalue weighted by molar-refractivity contribution is 0.0501. The molecule has 1 aromatic rings. The molecule has 0 aliphatic rings. The Hall–Kier alpha value is -1.75. The summed E-state index contributed by atoms with van der Waals surface area (Å²) in [6.45, 7) is 5.79. The number of hydrogen-bond acceptors (Lipinski definition) is 4. The van der Waals surface area contributed by atoms with Crippen LogP contribution in [0.2, 0.25) is 0 Å². The Morgan fingerprint density at radius 1 is 1.42 bits per heavy atom. The molecular formula is C14H22N2O3. The number of phenolic OH excluding ortho intramolecular Hbond substituents is 1. The molecule has 0 heterocycles. The number of hydrogen-bond donors (Lipinski definition) is 3. The molecule has 5 nitrogen and oxygen atoms in total. The predicted molar refractivity (Wildman–Crippen MR) is 73.9 cm³/mol. The fourth-order valence-electron chi connectivity index (χ4n) is 1.70. The standard InChI is InChI=1S/C14H22N2O3/c1-14(2,3)19-13(18)16-11(8-9-15)10-6-4-5-7-12(10)17/h4-7,11,17H,8-9,15H2,1-3H3,(H,16,18). The SMILES string of the molecule is CC(C)(C)OC(=O)NC(CCN)c1ccccc1O. The average Bonchev–Trinajstić information content (AvgIpc) is 2.26. The molecule has 0 bridgehead atoms. The zero-order chi connectivity index (χ0) is 14.5. The van der Waals surface area contributed by atoms with E-state index >= 15 is 0 Å². The van der Waals surface area contributed by atoms with Gasteiger partial charge in [-0.05, 0) is 39.8 Å². The summed E-state index contributed by atoms with van der Waals surface area (Å²) in [7, 11) is 0. The van der Waals surface area contributed by atoms with Gasteiger partial charge in [-0.15, -0.1) is 0 Å². The molecule has 0 aromatic heterocycles. The summed E-state index contributed by atoms with van der Waals surface area (Å²) in [5.41, 5.74) is 5.62. The highest BCUT2D eigenvalue weighted by atomic mass is 16.6. The van der Waals surface area contributed by atoms with Crippen LogP contribution in [0.5, 0.6) is 5.75 Å². The number of ether oxygens (including phenoxy) is 1. The van der Waals surface area contributed by atoms with Gasteiger partial charge in [0.25, 0.3) is 0 Å². The number of benzene rings is 1. The molecule has 1 unspecified atom stereocenters. The first kappa shape index (κ1) is 15.3. The van der Waals surface area contributed by atoms with Crippen molar-refractivity contribution in [2.75, 3.05) is 6.54 Å². The van der Waals surface area contributed by atoms with Crippen LogP contribution in [0.3, 0.4) is 0 Å². The first-order chi connectivity index (χ1) is 8.83.